The summed E-state index contributed by atoms with van der Waals surface area (Å²) in [7, 11) is 3.16. The van der Waals surface area contributed by atoms with Gasteiger partial charge < -0.3 is 14.7 Å². The molecule has 0 aromatic heterocycles. The Morgan fingerprint density at radius 3 is 2.72 bits per heavy atom. The van der Waals surface area contributed by atoms with Crippen LogP contribution in [0.5, 0.6) is 5.75 Å². The third-order valence-corrected chi connectivity index (χ3v) is 3.36. The molecule has 1 aromatic carbocycles. The molecule has 96 valence electrons. The van der Waals surface area contributed by atoms with Crippen LogP contribution in [0.25, 0.3) is 0 Å². The Hall–Kier alpha value is -2.04. The number of nitrogens with zero attached hydrogens (tertiary/aromatic N) is 1. The third-order valence-electron chi connectivity index (χ3n) is 3.36. The average molecular weight is 249 g/mol. The summed E-state index contributed by atoms with van der Waals surface area (Å²) in [5.41, 5.74) is 0.737. The van der Waals surface area contributed by atoms with Gasteiger partial charge in [0.05, 0.1) is 19.1 Å². The molecule has 1 saturated heterocycles. The number of likely N-dealkylation sites (tertiary alicyclic amines) is 1. The Balaban J connectivity index is 2.46. The standard InChI is InChI=1S/C13H15NO4/c1-14-11(15)7-9(13(16)17)12(14)8-5-3-4-6-10(8)18-2/h3-6,9,12H,7H2,1-2H3,(H,16,17)/t9-,12+/m0/s1. The molecular formula is C13H15NO4. The summed E-state index contributed by atoms with van der Waals surface area (Å²) in [6.45, 7) is 0. The van der Waals surface area contributed by atoms with Gasteiger partial charge >= 0.3 is 5.97 Å². The number of hydrogen-bond donors (Lipinski definition) is 1. The zero-order valence-corrected chi connectivity index (χ0v) is 10.3. The monoisotopic (exact) mass is 249 g/mol. The molecule has 2 rings (SSSR count). The molecule has 0 spiro atoms. The number of para-hydroxylation sites is 1. The second kappa shape index (κ2) is 4.68. The van der Waals surface area contributed by atoms with Gasteiger partial charge in [0.15, 0.2) is 0 Å². The van der Waals surface area contributed by atoms with E-state index < -0.39 is 17.9 Å². The maximum Gasteiger partial charge on any atom is 0.309 e. The highest BCUT2D eigenvalue weighted by atomic mass is 16.5. The Kier molecular flexibility index (Phi) is 3.23. The smallest absolute Gasteiger partial charge is 0.309 e. The molecule has 0 aliphatic carbocycles. The van der Waals surface area contributed by atoms with Crippen molar-refractivity contribution < 1.29 is 19.4 Å². The lowest BCUT2D eigenvalue weighted by Crippen LogP contribution is -2.27. The van der Waals surface area contributed by atoms with Crippen LogP contribution in [0.4, 0.5) is 0 Å². The van der Waals surface area contributed by atoms with E-state index in [2.05, 4.69) is 0 Å². The van der Waals surface area contributed by atoms with Crippen molar-refractivity contribution in [3.63, 3.8) is 0 Å². The molecule has 18 heavy (non-hydrogen) atoms. The first-order valence-corrected chi connectivity index (χ1v) is 5.67. The van der Waals surface area contributed by atoms with Crippen LogP contribution in [-0.2, 0) is 9.59 Å². The molecule has 1 amide bonds. The van der Waals surface area contributed by atoms with E-state index >= 15 is 0 Å². The number of benzene rings is 1. The number of amides is 1. The molecule has 1 aliphatic heterocycles. The Morgan fingerprint density at radius 2 is 2.11 bits per heavy atom. The molecule has 0 radical (unpaired) electrons. The molecule has 5 nitrogen and oxygen atoms in total. The van der Waals surface area contributed by atoms with Crippen molar-refractivity contribution in [3.05, 3.63) is 29.8 Å². The first-order valence-electron chi connectivity index (χ1n) is 5.67. The van der Waals surface area contributed by atoms with Gasteiger partial charge in [-0.1, -0.05) is 18.2 Å². The summed E-state index contributed by atoms with van der Waals surface area (Å²) < 4.78 is 5.24. The number of methoxy groups -OCH3 is 1. The van der Waals surface area contributed by atoms with Crippen LogP contribution in [0, 0.1) is 5.92 Å². The summed E-state index contributed by atoms with van der Waals surface area (Å²) >= 11 is 0. The van der Waals surface area contributed by atoms with Crippen LogP contribution in [-0.4, -0.2) is 36.0 Å². The van der Waals surface area contributed by atoms with Crippen molar-refractivity contribution in [3.8, 4) is 5.75 Å². The lowest BCUT2D eigenvalue weighted by molar-refractivity contribution is -0.142. The topological polar surface area (TPSA) is 66.8 Å². The Labute approximate surface area is 105 Å². The predicted molar refractivity (Wildman–Crippen MR) is 64.2 cm³/mol. The zero-order valence-electron chi connectivity index (χ0n) is 10.3. The molecule has 1 aromatic rings. The van der Waals surface area contributed by atoms with E-state index in [0.717, 1.165) is 5.56 Å². The van der Waals surface area contributed by atoms with E-state index in [1.807, 2.05) is 12.1 Å². The third kappa shape index (κ3) is 1.92. The van der Waals surface area contributed by atoms with Gasteiger partial charge in [-0.25, -0.2) is 0 Å². The van der Waals surface area contributed by atoms with Gasteiger partial charge in [-0.15, -0.1) is 0 Å². The van der Waals surface area contributed by atoms with E-state index in [9.17, 15) is 14.7 Å². The number of carbonyl (C=O) groups excluding carboxylic acids is 1. The maximum atomic E-state index is 11.7. The molecule has 0 bridgehead atoms. The minimum atomic E-state index is -0.955. The largest absolute Gasteiger partial charge is 0.496 e. The highest BCUT2D eigenvalue weighted by molar-refractivity contribution is 5.87. The average Bonchev–Trinajstić information content (AvgIpc) is 2.66. The highest BCUT2D eigenvalue weighted by Crippen LogP contribution is 2.40. The van der Waals surface area contributed by atoms with Gasteiger partial charge in [-0.3, -0.25) is 9.59 Å². The summed E-state index contributed by atoms with van der Waals surface area (Å²) in [6, 6.07) is 6.73. The van der Waals surface area contributed by atoms with Crippen molar-refractivity contribution in [2.45, 2.75) is 12.5 Å². The summed E-state index contributed by atoms with van der Waals surface area (Å²) in [5.74, 6) is -1.23. The van der Waals surface area contributed by atoms with Gasteiger partial charge in [0.1, 0.15) is 5.75 Å². The SMILES string of the molecule is COc1ccccc1[C@@H]1[C@@H](C(=O)O)CC(=O)N1C. The van der Waals surface area contributed by atoms with Gasteiger partial charge in [0.25, 0.3) is 0 Å². The highest BCUT2D eigenvalue weighted by Gasteiger charge is 2.43. The van der Waals surface area contributed by atoms with Crippen molar-refractivity contribution in [2.75, 3.05) is 14.2 Å². The van der Waals surface area contributed by atoms with Gasteiger partial charge in [0.2, 0.25) is 5.91 Å². The van der Waals surface area contributed by atoms with Gasteiger partial charge in [0, 0.05) is 19.0 Å². The fourth-order valence-corrected chi connectivity index (χ4v) is 2.43. The number of rotatable bonds is 3. The molecule has 1 aliphatic rings. The van der Waals surface area contributed by atoms with Crippen LogP contribution in [0.2, 0.25) is 0 Å². The van der Waals surface area contributed by atoms with Crippen molar-refractivity contribution in [1.29, 1.82) is 0 Å². The van der Waals surface area contributed by atoms with Crippen LogP contribution in [0.3, 0.4) is 0 Å². The van der Waals surface area contributed by atoms with E-state index in [4.69, 9.17) is 4.74 Å². The number of ether oxygens (including phenoxy) is 1. The van der Waals surface area contributed by atoms with Crippen LogP contribution in [0.15, 0.2) is 24.3 Å². The zero-order chi connectivity index (χ0) is 13.3. The Bertz CT molecular complexity index is 486. The van der Waals surface area contributed by atoms with E-state index in [1.165, 1.54) is 12.0 Å². The second-order valence-electron chi connectivity index (χ2n) is 4.34. The fraction of sp³-hybridized carbons (Fsp3) is 0.385. The Morgan fingerprint density at radius 1 is 1.44 bits per heavy atom. The summed E-state index contributed by atoms with van der Waals surface area (Å²) in [4.78, 5) is 24.4. The fourth-order valence-electron chi connectivity index (χ4n) is 2.43. The number of carbonyl (C=O) groups is 2. The number of carboxylic acids is 1. The van der Waals surface area contributed by atoms with E-state index in [0.29, 0.717) is 5.75 Å². The van der Waals surface area contributed by atoms with Crippen LogP contribution >= 0.6 is 0 Å². The molecule has 0 saturated carbocycles. The van der Waals surface area contributed by atoms with Crippen LogP contribution in [0.1, 0.15) is 18.0 Å². The lowest BCUT2D eigenvalue weighted by Gasteiger charge is -2.24. The lowest BCUT2D eigenvalue weighted by atomic mass is 9.93. The van der Waals surface area contributed by atoms with Gasteiger partial charge in [-0.2, -0.15) is 0 Å². The normalized spacial score (nSPS) is 23.2. The first kappa shape index (κ1) is 12.4. The molecular weight excluding hydrogens is 234 g/mol. The quantitative estimate of drug-likeness (QED) is 0.876. The number of aliphatic carboxylic acids is 1. The first-order chi connectivity index (χ1) is 8.56. The molecule has 2 atom stereocenters. The van der Waals surface area contributed by atoms with E-state index in [-0.39, 0.29) is 12.3 Å². The van der Waals surface area contributed by atoms with Crippen molar-refractivity contribution in [1.82, 2.24) is 4.90 Å². The summed E-state index contributed by atoms with van der Waals surface area (Å²) in [6.07, 6.45) is 0.0363. The minimum absolute atomic E-state index is 0.0363. The minimum Gasteiger partial charge on any atom is -0.496 e. The molecule has 1 N–H and O–H groups in total. The molecule has 5 heteroatoms. The predicted octanol–water partition coefficient (Wildman–Crippen LogP) is 1.30. The van der Waals surface area contributed by atoms with Gasteiger partial charge in [-0.05, 0) is 6.07 Å². The van der Waals surface area contributed by atoms with Crippen molar-refractivity contribution in [2.24, 2.45) is 5.92 Å². The van der Waals surface area contributed by atoms with Crippen molar-refractivity contribution >= 4 is 11.9 Å². The number of carboxylic acid groups (broad SMARTS) is 1. The van der Waals surface area contributed by atoms with Crippen LogP contribution < -0.4 is 4.74 Å². The molecule has 0 unspecified atom stereocenters. The maximum absolute atomic E-state index is 11.7. The molecule has 1 heterocycles. The molecule has 1 fully saturated rings. The summed E-state index contributed by atoms with van der Waals surface area (Å²) in [5, 5.41) is 9.22. The second-order valence-corrected chi connectivity index (χ2v) is 4.34. The number of hydrogen-bond acceptors (Lipinski definition) is 3. The van der Waals surface area contributed by atoms with E-state index in [1.54, 1.807) is 19.2 Å².